The highest BCUT2D eigenvalue weighted by Gasteiger charge is 2.08. The van der Waals surface area contributed by atoms with Crippen LogP contribution in [0.1, 0.15) is 17.3 Å². The second kappa shape index (κ2) is 6.52. The zero-order valence-corrected chi connectivity index (χ0v) is 9.76. The number of rotatable bonds is 5. The Morgan fingerprint density at radius 3 is 2.71 bits per heavy atom. The highest BCUT2D eigenvalue weighted by atomic mass is 16.6. The molecule has 0 aliphatic heterocycles. The van der Waals surface area contributed by atoms with E-state index in [9.17, 15) is 9.59 Å². The van der Waals surface area contributed by atoms with Gasteiger partial charge in [0.05, 0.1) is 19.3 Å². The fraction of sp³-hybridized carbons (Fsp3) is 0.333. The second-order valence-corrected chi connectivity index (χ2v) is 3.11. The van der Waals surface area contributed by atoms with Crippen molar-refractivity contribution in [3.05, 3.63) is 29.8 Å². The Kier molecular flexibility index (Phi) is 5.00. The normalized spacial score (nSPS) is 9.53. The van der Waals surface area contributed by atoms with Crippen LogP contribution in [0.5, 0.6) is 5.75 Å². The van der Waals surface area contributed by atoms with Crippen LogP contribution in [-0.4, -0.2) is 32.3 Å². The molecule has 0 bridgehead atoms. The van der Waals surface area contributed by atoms with Crippen LogP contribution in [0.2, 0.25) is 0 Å². The van der Waals surface area contributed by atoms with Gasteiger partial charge in [0.25, 0.3) is 0 Å². The van der Waals surface area contributed by atoms with Crippen molar-refractivity contribution in [2.45, 2.75) is 6.92 Å². The Hall–Kier alpha value is -2.04. The van der Waals surface area contributed by atoms with Crippen molar-refractivity contribution in [1.82, 2.24) is 0 Å². The van der Waals surface area contributed by atoms with E-state index in [1.165, 1.54) is 13.2 Å². The lowest BCUT2D eigenvalue weighted by molar-refractivity contribution is -0.142. The van der Waals surface area contributed by atoms with Crippen molar-refractivity contribution in [1.29, 1.82) is 0 Å². The number of carbonyl (C=O) groups is 2. The van der Waals surface area contributed by atoms with Gasteiger partial charge in [0.2, 0.25) is 0 Å². The van der Waals surface area contributed by atoms with Crippen LogP contribution in [0.3, 0.4) is 0 Å². The molecule has 0 amide bonds. The molecule has 1 aromatic carbocycles. The van der Waals surface area contributed by atoms with Gasteiger partial charge in [0.15, 0.2) is 6.61 Å². The van der Waals surface area contributed by atoms with Crippen molar-refractivity contribution in [3.63, 3.8) is 0 Å². The largest absolute Gasteiger partial charge is 0.482 e. The number of benzene rings is 1. The van der Waals surface area contributed by atoms with Crippen molar-refractivity contribution in [2.75, 3.05) is 20.3 Å². The number of hydrogen-bond donors (Lipinski definition) is 0. The van der Waals surface area contributed by atoms with Gasteiger partial charge in [-0.15, -0.1) is 0 Å². The maximum atomic E-state index is 11.4. The molecule has 92 valence electrons. The third kappa shape index (κ3) is 4.14. The molecule has 1 aromatic rings. The fourth-order valence-corrected chi connectivity index (χ4v) is 1.13. The first-order valence-corrected chi connectivity index (χ1v) is 5.14. The average Bonchev–Trinajstić information content (AvgIpc) is 2.36. The molecule has 0 fully saturated rings. The molecule has 0 aliphatic rings. The topological polar surface area (TPSA) is 61.8 Å². The second-order valence-electron chi connectivity index (χ2n) is 3.11. The molecule has 17 heavy (non-hydrogen) atoms. The van der Waals surface area contributed by atoms with Gasteiger partial charge in [-0.1, -0.05) is 6.07 Å². The summed E-state index contributed by atoms with van der Waals surface area (Å²) in [6, 6.07) is 6.43. The SMILES string of the molecule is CCOC(=O)c1cccc(OCC(=O)OC)c1. The van der Waals surface area contributed by atoms with Crippen molar-refractivity contribution in [3.8, 4) is 5.75 Å². The van der Waals surface area contributed by atoms with Crippen molar-refractivity contribution < 1.29 is 23.8 Å². The predicted molar refractivity (Wildman–Crippen MR) is 59.9 cm³/mol. The lowest BCUT2D eigenvalue weighted by atomic mass is 10.2. The van der Waals surface area contributed by atoms with E-state index in [0.29, 0.717) is 17.9 Å². The zero-order valence-electron chi connectivity index (χ0n) is 9.76. The maximum absolute atomic E-state index is 11.4. The minimum Gasteiger partial charge on any atom is -0.482 e. The predicted octanol–water partition coefficient (Wildman–Crippen LogP) is 1.42. The summed E-state index contributed by atoms with van der Waals surface area (Å²) in [5, 5.41) is 0. The van der Waals surface area contributed by atoms with E-state index in [1.807, 2.05) is 0 Å². The Labute approximate surface area is 99.3 Å². The van der Waals surface area contributed by atoms with Gasteiger partial charge >= 0.3 is 11.9 Å². The first-order chi connectivity index (χ1) is 8.17. The quantitative estimate of drug-likeness (QED) is 0.726. The molecular formula is C12H14O5. The van der Waals surface area contributed by atoms with Crippen LogP contribution in [0.4, 0.5) is 0 Å². The molecule has 0 radical (unpaired) electrons. The van der Waals surface area contributed by atoms with E-state index in [4.69, 9.17) is 9.47 Å². The first kappa shape index (κ1) is 13.0. The molecular weight excluding hydrogens is 224 g/mol. The lowest BCUT2D eigenvalue weighted by Gasteiger charge is -2.06. The lowest BCUT2D eigenvalue weighted by Crippen LogP contribution is -2.13. The molecule has 0 atom stereocenters. The number of esters is 2. The Morgan fingerprint density at radius 1 is 1.29 bits per heavy atom. The van der Waals surface area contributed by atoms with E-state index >= 15 is 0 Å². The summed E-state index contributed by atoms with van der Waals surface area (Å²) >= 11 is 0. The minimum atomic E-state index is -0.480. The van der Waals surface area contributed by atoms with Crippen LogP contribution in [0, 0.1) is 0 Å². The van der Waals surface area contributed by atoms with Crippen LogP contribution in [0.25, 0.3) is 0 Å². The van der Waals surface area contributed by atoms with Gasteiger partial charge in [-0.2, -0.15) is 0 Å². The molecule has 0 heterocycles. The molecule has 5 heteroatoms. The van der Waals surface area contributed by atoms with Crippen LogP contribution in [0.15, 0.2) is 24.3 Å². The monoisotopic (exact) mass is 238 g/mol. The molecule has 0 N–H and O–H groups in total. The maximum Gasteiger partial charge on any atom is 0.343 e. The smallest absolute Gasteiger partial charge is 0.343 e. The van der Waals surface area contributed by atoms with Crippen LogP contribution in [-0.2, 0) is 14.3 Å². The molecule has 0 unspecified atom stereocenters. The van der Waals surface area contributed by atoms with Crippen LogP contribution >= 0.6 is 0 Å². The summed E-state index contributed by atoms with van der Waals surface area (Å²) in [6.07, 6.45) is 0. The van der Waals surface area contributed by atoms with Gasteiger partial charge in [0.1, 0.15) is 5.75 Å². The average molecular weight is 238 g/mol. The molecule has 0 aliphatic carbocycles. The molecule has 0 aromatic heterocycles. The molecule has 5 nitrogen and oxygen atoms in total. The summed E-state index contributed by atoms with van der Waals surface area (Å²) < 4.78 is 14.4. The summed E-state index contributed by atoms with van der Waals surface area (Å²) in [4.78, 5) is 22.3. The van der Waals surface area contributed by atoms with Crippen molar-refractivity contribution in [2.24, 2.45) is 0 Å². The zero-order chi connectivity index (χ0) is 12.7. The van der Waals surface area contributed by atoms with Gasteiger partial charge in [-0.05, 0) is 25.1 Å². The van der Waals surface area contributed by atoms with E-state index in [-0.39, 0.29) is 6.61 Å². The summed E-state index contributed by atoms with van der Waals surface area (Å²) in [5.74, 6) is -0.483. The van der Waals surface area contributed by atoms with Gasteiger partial charge in [0, 0.05) is 0 Å². The highest BCUT2D eigenvalue weighted by Crippen LogP contribution is 2.14. The number of carbonyl (C=O) groups excluding carboxylic acids is 2. The summed E-state index contributed by atoms with van der Waals surface area (Å²) in [7, 11) is 1.28. The van der Waals surface area contributed by atoms with Crippen molar-refractivity contribution >= 4 is 11.9 Å². The number of ether oxygens (including phenoxy) is 3. The van der Waals surface area contributed by atoms with Gasteiger partial charge in [-0.3, -0.25) is 0 Å². The fourth-order valence-electron chi connectivity index (χ4n) is 1.13. The van der Waals surface area contributed by atoms with Gasteiger partial charge < -0.3 is 14.2 Å². The number of hydrogen-bond acceptors (Lipinski definition) is 5. The number of methoxy groups -OCH3 is 1. The molecule has 0 spiro atoms. The minimum absolute atomic E-state index is 0.192. The van der Waals surface area contributed by atoms with E-state index in [0.717, 1.165) is 0 Å². The molecule has 0 saturated heterocycles. The van der Waals surface area contributed by atoms with Crippen LogP contribution < -0.4 is 4.74 Å². The Morgan fingerprint density at radius 2 is 2.06 bits per heavy atom. The van der Waals surface area contributed by atoms with Gasteiger partial charge in [-0.25, -0.2) is 9.59 Å². The Balaban J connectivity index is 2.65. The third-order valence-electron chi connectivity index (χ3n) is 1.93. The standard InChI is InChI=1S/C12H14O5/c1-3-16-12(14)9-5-4-6-10(7-9)17-8-11(13)15-2/h4-7H,3,8H2,1-2H3. The summed E-state index contributed by atoms with van der Waals surface area (Å²) in [6.45, 7) is 1.85. The third-order valence-corrected chi connectivity index (χ3v) is 1.93. The Bertz CT molecular complexity index is 400. The van der Waals surface area contributed by atoms with E-state index in [2.05, 4.69) is 4.74 Å². The molecule has 0 saturated carbocycles. The molecule has 1 rings (SSSR count). The highest BCUT2D eigenvalue weighted by molar-refractivity contribution is 5.89. The first-order valence-electron chi connectivity index (χ1n) is 5.14. The van der Waals surface area contributed by atoms with E-state index < -0.39 is 11.9 Å². The summed E-state index contributed by atoms with van der Waals surface area (Å²) in [5.41, 5.74) is 0.384. The van der Waals surface area contributed by atoms with E-state index in [1.54, 1.807) is 25.1 Å².